The van der Waals surface area contributed by atoms with Crippen molar-refractivity contribution in [1.29, 1.82) is 0 Å². The van der Waals surface area contributed by atoms with E-state index in [0.717, 1.165) is 30.9 Å². The molecule has 2 aromatic carbocycles. The van der Waals surface area contributed by atoms with Gasteiger partial charge >= 0.3 is 5.97 Å². The van der Waals surface area contributed by atoms with Crippen LogP contribution in [0, 0.1) is 0 Å². The number of carboxylic acid groups (broad SMARTS) is 1. The summed E-state index contributed by atoms with van der Waals surface area (Å²) in [6, 6.07) is 12.8. The Morgan fingerprint density at radius 2 is 1.96 bits per heavy atom. The number of para-hydroxylation sites is 2. The molecule has 0 radical (unpaired) electrons. The van der Waals surface area contributed by atoms with Crippen LogP contribution in [0.5, 0.6) is 5.75 Å². The Bertz CT molecular complexity index is 929. The lowest BCUT2D eigenvalue weighted by atomic mass is 10.2. The average molecular weight is 351 g/mol. The minimum absolute atomic E-state index is 0.192. The van der Waals surface area contributed by atoms with Crippen LogP contribution in [0.25, 0.3) is 22.4 Å². The second-order valence-electron chi connectivity index (χ2n) is 6.49. The minimum Gasteiger partial charge on any atom is -0.491 e. The van der Waals surface area contributed by atoms with Crippen LogP contribution in [0.1, 0.15) is 23.2 Å². The summed E-state index contributed by atoms with van der Waals surface area (Å²) < 4.78 is 6.01. The van der Waals surface area contributed by atoms with Crippen LogP contribution in [0.2, 0.25) is 0 Å². The summed E-state index contributed by atoms with van der Waals surface area (Å²) >= 11 is 0. The van der Waals surface area contributed by atoms with E-state index in [1.54, 1.807) is 12.1 Å². The molecule has 1 aliphatic heterocycles. The Balaban J connectivity index is 1.60. The molecule has 4 rings (SSSR count). The van der Waals surface area contributed by atoms with Gasteiger partial charge in [0.1, 0.15) is 23.7 Å². The third-order valence-electron chi connectivity index (χ3n) is 4.75. The van der Waals surface area contributed by atoms with E-state index in [9.17, 15) is 9.90 Å². The van der Waals surface area contributed by atoms with Crippen LogP contribution < -0.4 is 4.74 Å². The highest BCUT2D eigenvalue weighted by atomic mass is 16.5. The summed E-state index contributed by atoms with van der Waals surface area (Å²) in [6.07, 6.45) is 2.53. The summed E-state index contributed by atoms with van der Waals surface area (Å²) in [4.78, 5) is 21.6. The van der Waals surface area contributed by atoms with Gasteiger partial charge in [-0.05, 0) is 50.2 Å². The van der Waals surface area contributed by atoms with Gasteiger partial charge in [0.05, 0.1) is 16.6 Å². The van der Waals surface area contributed by atoms with Crippen molar-refractivity contribution in [1.82, 2.24) is 14.9 Å². The van der Waals surface area contributed by atoms with E-state index < -0.39 is 5.97 Å². The molecule has 1 saturated heterocycles. The van der Waals surface area contributed by atoms with E-state index in [2.05, 4.69) is 14.9 Å². The molecule has 2 N–H and O–H groups in total. The molecule has 3 aromatic rings. The number of nitrogens with one attached hydrogen (secondary N) is 1. The number of hydrogen-bond acceptors (Lipinski definition) is 4. The average Bonchev–Trinajstić information content (AvgIpc) is 3.31. The maximum absolute atomic E-state index is 11.4. The van der Waals surface area contributed by atoms with Gasteiger partial charge < -0.3 is 14.8 Å². The van der Waals surface area contributed by atoms with Crippen LogP contribution in [-0.4, -0.2) is 52.2 Å². The number of aromatic carboxylic acids is 1. The first-order valence-electron chi connectivity index (χ1n) is 8.89. The first kappa shape index (κ1) is 16.6. The molecule has 6 nitrogen and oxygen atoms in total. The summed E-state index contributed by atoms with van der Waals surface area (Å²) in [6.45, 7) is 3.83. The lowest BCUT2D eigenvalue weighted by Gasteiger charge is -2.16. The topological polar surface area (TPSA) is 78.4 Å². The summed E-state index contributed by atoms with van der Waals surface area (Å²) in [5, 5.41) is 9.35. The Hall–Kier alpha value is -2.86. The number of nitrogens with zero attached hydrogens (tertiary/aromatic N) is 2. The molecule has 0 atom stereocenters. The zero-order chi connectivity index (χ0) is 17.9. The molecule has 0 unspecified atom stereocenters. The van der Waals surface area contributed by atoms with Crippen LogP contribution in [-0.2, 0) is 0 Å². The van der Waals surface area contributed by atoms with Gasteiger partial charge in [-0.25, -0.2) is 9.78 Å². The molecule has 6 heteroatoms. The first-order chi connectivity index (χ1) is 12.7. The van der Waals surface area contributed by atoms with Crippen LogP contribution in [0.15, 0.2) is 42.5 Å². The van der Waals surface area contributed by atoms with Crippen molar-refractivity contribution >= 4 is 17.0 Å². The third kappa shape index (κ3) is 3.28. The number of H-pyrrole nitrogens is 1. The predicted molar refractivity (Wildman–Crippen MR) is 99.7 cm³/mol. The highest BCUT2D eigenvalue weighted by Gasteiger charge is 2.16. The lowest BCUT2D eigenvalue weighted by molar-refractivity contribution is 0.0699. The van der Waals surface area contributed by atoms with Crippen molar-refractivity contribution < 1.29 is 14.6 Å². The number of hydrogen-bond donors (Lipinski definition) is 2. The number of aromatic amines is 1. The molecule has 1 aliphatic rings. The number of likely N-dealkylation sites (tertiary alicyclic amines) is 1. The van der Waals surface area contributed by atoms with E-state index in [1.165, 1.54) is 12.8 Å². The maximum Gasteiger partial charge on any atom is 0.337 e. The summed E-state index contributed by atoms with van der Waals surface area (Å²) in [7, 11) is 0. The van der Waals surface area contributed by atoms with Crippen molar-refractivity contribution in [2.24, 2.45) is 0 Å². The third-order valence-corrected chi connectivity index (χ3v) is 4.75. The van der Waals surface area contributed by atoms with Crippen molar-refractivity contribution in [2.45, 2.75) is 12.8 Å². The van der Waals surface area contributed by atoms with E-state index in [0.29, 0.717) is 23.5 Å². The normalized spacial score (nSPS) is 14.8. The summed E-state index contributed by atoms with van der Waals surface area (Å²) in [5.41, 5.74) is 2.19. The number of imidazole rings is 1. The monoisotopic (exact) mass is 351 g/mol. The molecule has 26 heavy (non-hydrogen) atoms. The SMILES string of the molecule is O=C(O)c1cccc2[nH]c(-c3ccccc3OCCN3CCCC3)nc12. The van der Waals surface area contributed by atoms with Gasteiger partial charge in [-0.1, -0.05) is 18.2 Å². The highest BCUT2D eigenvalue weighted by molar-refractivity contribution is 6.01. The van der Waals surface area contributed by atoms with E-state index in [-0.39, 0.29) is 5.56 Å². The minimum atomic E-state index is -0.983. The molecule has 1 fully saturated rings. The summed E-state index contributed by atoms with van der Waals surface area (Å²) in [5.74, 6) is 0.386. The number of carboxylic acids is 1. The highest BCUT2D eigenvalue weighted by Crippen LogP contribution is 2.30. The van der Waals surface area contributed by atoms with Crippen LogP contribution in [0.3, 0.4) is 0 Å². The van der Waals surface area contributed by atoms with E-state index in [4.69, 9.17) is 4.74 Å². The second kappa shape index (κ2) is 7.17. The molecule has 0 spiro atoms. The Kier molecular flexibility index (Phi) is 4.58. The lowest BCUT2D eigenvalue weighted by Crippen LogP contribution is -2.25. The van der Waals surface area contributed by atoms with Crippen LogP contribution >= 0.6 is 0 Å². The fraction of sp³-hybridized carbons (Fsp3) is 0.300. The molecule has 1 aromatic heterocycles. The zero-order valence-electron chi connectivity index (χ0n) is 14.4. The zero-order valence-corrected chi connectivity index (χ0v) is 14.4. The fourth-order valence-corrected chi connectivity index (χ4v) is 3.41. The molecule has 0 bridgehead atoms. The van der Waals surface area contributed by atoms with Crippen molar-refractivity contribution in [2.75, 3.05) is 26.2 Å². The Morgan fingerprint density at radius 1 is 1.15 bits per heavy atom. The molecular weight excluding hydrogens is 330 g/mol. The predicted octanol–water partition coefficient (Wildman–Crippen LogP) is 3.40. The van der Waals surface area contributed by atoms with Gasteiger partial charge in [0.25, 0.3) is 0 Å². The Labute approximate surface area is 151 Å². The van der Waals surface area contributed by atoms with Gasteiger partial charge in [-0.15, -0.1) is 0 Å². The number of rotatable bonds is 6. The van der Waals surface area contributed by atoms with E-state index in [1.807, 2.05) is 30.3 Å². The smallest absolute Gasteiger partial charge is 0.337 e. The van der Waals surface area contributed by atoms with Gasteiger partial charge in [0.15, 0.2) is 0 Å². The number of aromatic nitrogens is 2. The number of carbonyl (C=O) groups is 1. The van der Waals surface area contributed by atoms with Crippen molar-refractivity contribution in [3.8, 4) is 17.1 Å². The standard InChI is InChI=1S/C20H21N3O3/c24-20(25)15-7-5-8-16-18(15)22-19(21-16)14-6-1-2-9-17(14)26-13-12-23-10-3-4-11-23/h1-2,5-9H,3-4,10-13H2,(H,21,22)(H,24,25). The van der Waals surface area contributed by atoms with Gasteiger partial charge in [-0.3, -0.25) is 4.90 Å². The molecule has 0 saturated carbocycles. The molecular formula is C20H21N3O3. The van der Waals surface area contributed by atoms with Gasteiger partial charge in [-0.2, -0.15) is 0 Å². The van der Waals surface area contributed by atoms with Gasteiger partial charge in [0, 0.05) is 6.54 Å². The van der Waals surface area contributed by atoms with Gasteiger partial charge in [0.2, 0.25) is 0 Å². The molecule has 2 heterocycles. The second-order valence-corrected chi connectivity index (χ2v) is 6.49. The van der Waals surface area contributed by atoms with Crippen LogP contribution in [0.4, 0.5) is 0 Å². The Morgan fingerprint density at radius 3 is 2.77 bits per heavy atom. The maximum atomic E-state index is 11.4. The number of benzene rings is 2. The van der Waals surface area contributed by atoms with Crippen molar-refractivity contribution in [3.63, 3.8) is 0 Å². The first-order valence-corrected chi connectivity index (χ1v) is 8.89. The number of fused-ring (bicyclic) bond motifs is 1. The fourth-order valence-electron chi connectivity index (χ4n) is 3.41. The number of ether oxygens (including phenoxy) is 1. The van der Waals surface area contributed by atoms with E-state index >= 15 is 0 Å². The molecule has 0 amide bonds. The quantitative estimate of drug-likeness (QED) is 0.712. The largest absolute Gasteiger partial charge is 0.491 e. The molecule has 134 valence electrons. The van der Waals surface area contributed by atoms with Crippen molar-refractivity contribution in [3.05, 3.63) is 48.0 Å². The molecule has 0 aliphatic carbocycles.